The van der Waals surface area contributed by atoms with Crippen molar-refractivity contribution in [2.45, 2.75) is 6.42 Å². The molecule has 1 aliphatic heterocycles. The molecule has 1 aliphatic rings. The third kappa shape index (κ3) is 3.97. The van der Waals surface area contributed by atoms with Crippen molar-refractivity contribution in [3.05, 3.63) is 12.7 Å². The Morgan fingerprint density at radius 2 is 2.21 bits per heavy atom. The zero-order chi connectivity index (χ0) is 14.4. The summed E-state index contributed by atoms with van der Waals surface area (Å²) in [6, 6.07) is -0.395. The molecule has 0 aliphatic carbocycles. The highest BCUT2D eigenvalue weighted by molar-refractivity contribution is 5.81. The predicted molar refractivity (Wildman–Crippen MR) is 66.5 cm³/mol. The zero-order valence-electron chi connectivity index (χ0n) is 10.9. The van der Waals surface area contributed by atoms with E-state index in [2.05, 4.69) is 11.3 Å². The van der Waals surface area contributed by atoms with Crippen molar-refractivity contribution < 1.29 is 24.2 Å². The van der Waals surface area contributed by atoms with Crippen LogP contribution < -0.4 is 0 Å². The second kappa shape index (κ2) is 6.77. The van der Waals surface area contributed by atoms with Gasteiger partial charge in [-0.05, 0) is 6.42 Å². The summed E-state index contributed by atoms with van der Waals surface area (Å²) >= 11 is 0. The number of carboxylic acid groups (broad SMARTS) is 1. The van der Waals surface area contributed by atoms with E-state index in [1.54, 1.807) is 0 Å². The van der Waals surface area contributed by atoms with Crippen molar-refractivity contribution in [1.29, 1.82) is 0 Å². The first kappa shape index (κ1) is 15.0. The molecule has 7 heteroatoms. The summed E-state index contributed by atoms with van der Waals surface area (Å²) in [5.41, 5.74) is 0. The van der Waals surface area contributed by atoms with Gasteiger partial charge in [-0.25, -0.2) is 4.79 Å². The number of carboxylic acids is 1. The van der Waals surface area contributed by atoms with Gasteiger partial charge in [0.2, 0.25) is 0 Å². The molecule has 1 unspecified atom stereocenters. The van der Waals surface area contributed by atoms with Gasteiger partial charge >= 0.3 is 18.0 Å². The van der Waals surface area contributed by atoms with Crippen molar-refractivity contribution in [1.82, 2.24) is 9.80 Å². The van der Waals surface area contributed by atoms with Gasteiger partial charge in [-0.1, -0.05) is 6.08 Å². The Kier molecular flexibility index (Phi) is 5.35. The Morgan fingerprint density at radius 1 is 1.53 bits per heavy atom. The van der Waals surface area contributed by atoms with Gasteiger partial charge in [0.25, 0.3) is 0 Å². The zero-order valence-corrected chi connectivity index (χ0v) is 10.9. The molecule has 1 fully saturated rings. The van der Waals surface area contributed by atoms with Crippen LogP contribution in [0.5, 0.6) is 0 Å². The Bertz CT molecular complexity index is 382. The summed E-state index contributed by atoms with van der Waals surface area (Å²) in [6.45, 7) is 3.95. The van der Waals surface area contributed by atoms with Crippen molar-refractivity contribution in [2.24, 2.45) is 5.92 Å². The quantitative estimate of drug-likeness (QED) is 0.568. The summed E-state index contributed by atoms with van der Waals surface area (Å²) in [5.74, 6) is -1.76. The van der Waals surface area contributed by atoms with Crippen LogP contribution >= 0.6 is 0 Å². The number of carbonyl (C=O) groups is 3. The molecular formula is C12H18N2O5. The molecule has 1 heterocycles. The largest absolute Gasteiger partial charge is 0.480 e. The lowest BCUT2D eigenvalue weighted by Gasteiger charge is -2.25. The van der Waals surface area contributed by atoms with E-state index in [0.29, 0.717) is 13.0 Å². The van der Waals surface area contributed by atoms with Crippen LogP contribution in [0.1, 0.15) is 6.42 Å². The molecular weight excluding hydrogens is 252 g/mol. The van der Waals surface area contributed by atoms with Gasteiger partial charge in [0.1, 0.15) is 6.54 Å². The standard InChI is InChI=1S/C12H18N2O5/c1-3-5-13(8-10(15)16)12(18)14-6-4-9(7-14)11(17)19-2/h3,9H,1,4-8H2,2H3,(H,15,16). The Labute approximate surface area is 111 Å². The fourth-order valence-corrected chi connectivity index (χ4v) is 2.02. The van der Waals surface area contributed by atoms with Crippen molar-refractivity contribution in [3.63, 3.8) is 0 Å². The van der Waals surface area contributed by atoms with Crippen molar-refractivity contribution in [3.8, 4) is 0 Å². The first-order chi connectivity index (χ1) is 8.99. The lowest BCUT2D eigenvalue weighted by Crippen LogP contribution is -2.44. The maximum Gasteiger partial charge on any atom is 0.323 e. The topological polar surface area (TPSA) is 87.2 Å². The minimum absolute atomic E-state index is 0.157. The summed E-state index contributed by atoms with van der Waals surface area (Å²) in [7, 11) is 1.31. The van der Waals surface area contributed by atoms with Gasteiger partial charge in [0, 0.05) is 19.6 Å². The normalized spacial score (nSPS) is 17.9. The van der Waals surface area contributed by atoms with Crippen LogP contribution in [0.3, 0.4) is 0 Å². The molecule has 19 heavy (non-hydrogen) atoms. The van der Waals surface area contributed by atoms with Crippen LogP contribution in [-0.2, 0) is 14.3 Å². The Morgan fingerprint density at radius 3 is 2.74 bits per heavy atom. The number of aliphatic carboxylic acids is 1. The number of esters is 1. The number of hydrogen-bond donors (Lipinski definition) is 1. The van der Waals surface area contributed by atoms with Crippen LogP contribution in [-0.4, -0.2) is 66.2 Å². The summed E-state index contributed by atoms with van der Waals surface area (Å²) in [5, 5.41) is 8.76. The molecule has 0 aromatic rings. The number of carbonyl (C=O) groups excluding carboxylic acids is 2. The molecule has 1 rings (SSSR count). The third-order valence-electron chi connectivity index (χ3n) is 2.94. The lowest BCUT2D eigenvalue weighted by atomic mass is 10.1. The Balaban J connectivity index is 2.63. The number of rotatable bonds is 5. The molecule has 0 radical (unpaired) electrons. The van der Waals surface area contributed by atoms with E-state index in [-0.39, 0.29) is 31.5 Å². The number of urea groups is 1. The number of nitrogens with zero attached hydrogens (tertiary/aromatic N) is 2. The average molecular weight is 270 g/mol. The molecule has 7 nitrogen and oxygen atoms in total. The molecule has 0 aromatic heterocycles. The van der Waals surface area contributed by atoms with Crippen LogP contribution in [0.25, 0.3) is 0 Å². The summed E-state index contributed by atoms with van der Waals surface area (Å²) in [6.07, 6.45) is 2.00. The van der Waals surface area contributed by atoms with Crippen LogP contribution in [0, 0.1) is 5.92 Å². The molecule has 1 atom stereocenters. The van der Waals surface area contributed by atoms with Gasteiger partial charge in [-0.2, -0.15) is 0 Å². The van der Waals surface area contributed by atoms with E-state index in [0.717, 1.165) is 0 Å². The van der Waals surface area contributed by atoms with Crippen molar-refractivity contribution in [2.75, 3.05) is 33.3 Å². The highest BCUT2D eigenvalue weighted by Crippen LogP contribution is 2.18. The summed E-state index contributed by atoms with van der Waals surface area (Å²) < 4.78 is 4.63. The van der Waals surface area contributed by atoms with E-state index in [4.69, 9.17) is 5.11 Å². The Hall–Kier alpha value is -2.05. The first-order valence-electron chi connectivity index (χ1n) is 5.94. The van der Waals surface area contributed by atoms with Crippen LogP contribution in [0.15, 0.2) is 12.7 Å². The lowest BCUT2D eigenvalue weighted by molar-refractivity contribution is -0.145. The minimum Gasteiger partial charge on any atom is -0.480 e. The SMILES string of the molecule is C=CCN(CC(=O)O)C(=O)N1CCC(C(=O)OC)C1. The molecule has 0 bridgehead atoms. The molecule has 0 aromatic carbocycles. The van der Waals surface area contributed by atoms with Crippen LogP contribution in [0.4, 0.5) is 4.79 Å². The molecule has 0 spiro atoms. The maximum absolute atomic E-state index is 12.1. The van der Waals surface area contributed by atoms with E-state index in [1.807, 2.05) is 0 Å². The molecule has 1 saturated heterocycles. The van der Waals surface area contributed by atoms with Crippen LogP contribution in [0.2, 0.25) is 0 Å². The van der Waals surface area contributed by atoms with E-state index >= 15 is 0 Å². The molecule has 0 saturated carbocycles. The predicted octanol–water partition coefficient (Wildman–Crippen LogP) is 0.174. The second-order valence-electron chi connectivity index (χ2n) is 4.30. The first-order valence-corrected chi connectivity index (χ1v) is 5.94. The summed E-state index contributed by atoms with van der Waals surface area (Å²) in [4.78, 5) is 36.8. The van der Waals surface area contributed by atoms with Gasteiger partial charge in [0.15, 0.2) is 0 Å². The number of likely N-dealkylation sites (tertiary alicyclic amines) is 1. The monoisotopic (exact) mass is 270 g/mol. The van der Waals surface area contributed by atoms with E-state index in [1.165, 1.54) is 23.0 Å². The van der Waals surface area contributed by atoms with Gasteiger partial charge in [-0.15, -0.1) is 6.58 Å². The maximum atomic E-state index is 12.1. The fourth-order valence-electron chi connectivity index (χ4n) is 2.02. The fraction of sp³-hybridized carbons (Fsp3) is 0.583. The van der Waals surface area contributed by atoms with Gasteiger partial charge in [0.05, 0.1) is 13.0 Å². The average Bonchev–Trinajstić information content (AvgIpc) is 2.85. The number of methoxy groups -OCH3 is 1. The highest BCUT2D eigenvalue weighted by Gasteiger charge is 2.33. The van der Waals surface area contributed by atoms with Gasteiger partial charge in [-0.3, -0.25) is 9.59 Å². The van der Waals surface area contributed by atoms with Crippen molar-refractivity contribution >= 4 is 18.0 Å². The second-order valence-corrected chi connectivity index (χ2v) is 4.30. The highest BCUT2D eigenvalue weighted by atomic mass is 16.5. The number of hydrogen-bond acceptors (Lipinski definition) is 4. The van der Waals surface area contributed by atoms with E-state index < -0.39 is 12.0 Å². The molecule has 2 amide bonds. The van der Waals surface area contributed by atoms with E-state index in [9.17, 15) is 14.4 Å². The third-order valence-corrected chi connectivity index (χ3v) is 2.94. The molecule has 106 valence electrons. The van der Waals surface area contributed by atoms with Gasteiger partial charge < -0.3 is 19.6 Å². The molecule has 1 N–H and O–H groups in total. The minimum atomic E-state index is -1.08. The number of amides is 2. The smallest absolute Gasteiger partial charge is 0.323 e. The number of ether oxygens (including phenoxy) is 1.